The molecule has 1 atom stereocenters. The number of hydrogen-bond donors (Lipinski definition) is 0. The van der Waals surface area contributed by atoms with Gasteiger partial charge in [-0.25, -0.2) is 17.2 Å². The van der Waals surface area contributed by atoms with E-state index < -0.39 is 9.52 Å². The van der Waals surface area contributed by atoms with Gasteiger partial charge < -0.3 is 37.2 Å². The van der Waals surface area contributed by atoms with E-state index in [0.717, 1.165) is 0 Å². The average Bonchev–Trinajstić information content (AvgIpc) is 3.02. The number of hydrogen-bond acceptors (Lipinski definition) is 0. The molecular formula is C32H53Cl3SiTi. The van der Waals surface area contributed by atoms with Crippen LogP contribution in [0.2, 0.25) is 5.04 Å². The Kier molecular flexibility index (Phi) is 28.9. The summed E-state index contributed by atoms with van der Waals surface area (Å²) in [4.78, 5) is 0. The molecule has 1 aliphatic rings. The molecule has 1 aromatic carbocycles. The fraction of sp³-hybridized carbons (Fsp3) is 0.688. The molecule has 0 radical (unpaired) electrons. The summed E-state index contributed by atoms with van der Waals surface area (Å²) in [6.45, 7) is 9.31. The van der Waals surface area contributed by atoms with Crippen LogP contribution in [0.1, 0.15) is 137 Å². The van der Waals surface area contributed by atoms with Crippen LogP contribution in [0.25, 0.3) is 0 Å². The molecule has 1 unspecified atom stereocenters. The summed E-state index contributed by atoms with van der Waals surface area (Å²) in [5, 5.41) is 1.95. The average molecular weight is 620 g/mol. The van der Waals surface area contributed by atoms with Crippen molar-refractivity contribution in [1.29, 1.82) is 0 Å². The van der Waals surface area contributed by atoms with Crippen molar-refractivity contribution in [2.24, 2.45) is 0 Å². The Labute approximate surface area is 267 Å². The summed E-state index contributed by atoms with van der Waals surface area (Å²) in [5.74, 6) is 0. The van der Waals surface area contributed by atoms with Gasteiger partial charge in [-0.2, -0.15) is 5.57 Å². The molecule has 0 saturated carbocycles. The summed E-state index contributed by atoms with van der Waals surface area (Å²) in [7, 11) is -0.392. The van der Waals surface area contributed by atoms with Gasteiger partial charge in [-0.15, -0.1) is 6.92 Å². The first kappa shape index (κ1) is 42.0. The predicted molar refractivity (Wildman–Crippen MR) is 152 cm³/mol. The second-order valence-electron chi connectivity index (χ2n) is 10.8. The van der Waals surface area contributed by atoms with E-state index in [1.807, 2.05) is 0 Å². The van der Waals surface area contributed by atoms with Gasteiger partial charge in [-0.1, -0.05) is 170 Å². The van der Waals surface area contributed by atoms with Crippen molar-refractivity contribution in [1.82, 2.24) is 0 Å². The molecule has 37 heavy (non-hydrogen) atoms. The molecule has 1 aromatic rings. The molecule has 0 saturated heterocycles. The molecule has 0 heterocycles. The molecule has 2 rings (SSSR count). The van der Waals surface area contributed by atoms with Gasteiger partial charge in [0.15, 0.2) is 0 Å². The minimum atomic E-state index is -0.392. The number of benzene rings is 1. The second-order valence-corrected chi connectivity index (χ2v) is 13.2. The van der Waals surface area contributed by atoms with Crippen molar-refractivity contribution in [2.75, 3.05) is 0 Å². The predicted octanol–water partition coefficient (Wildman–Crippen LogP) is 0.400. The van der Waals surface area contributed by atoms with E-state index in [9.17, 15) is 0 Å². The molecule has 0 amide bonds. The van der Waals surface area contributed by atoms with E-state index in [1.165, 1.54) is 120 Å². The molecule has 0 bridgehead atoms. The van der Waals surface area contributed by atoms with Gasteiger partial charge >= 0.3 is 21.7 Å². The Morgan fingerprint density at radius 2 is 1.03 bits per heavy atom. The normalized spacial score (nSPS) is 16.6. The zero-order valence-corrected chi connectivity index (χ0v) is 29.5. The SMILES string of the molecule is CCCCCCCCCCCCCCCCCCC1([SiH2]c2ccccc2)C(C)=[C-]C(C)=C1C.[Cl-].[Cl-].[Cl-].[Ti+4]. The second kappa shape index (κ2) is 25.5. The van der Waals surface area contributed by atoms with Crippen LogP contribution in [0.4, 0.5) is 0 Å². The van der Waals surface area contributed by atoms with Crippen molar-refractivity contribution in [3.63, 3.8) is 0 Å². The van der Waals surface area contributed by atoms with Crippen LogP contribution < -0.4 is 42.4 Å². The van der Waals surface area contributed by atoms with E-state index in [-0.39, 0.29) is 58.9 Å². The van der Waals surface area contributed by atoms with Gasteiger partial charge in [0.05, 0.1) is 9.52 Å². The molecule has 0 aliphatic heterocycles. The molecule has 0 fully saturated rings. The number of unbranched alkanes of at least 4 members (excludes halogenated alkanes) is 15. The van der Waals surface area contributed by atoms with E-state index in [1.54, 1.807) is 10.8 Å². The summed E-state index contributed by atoms with van der Waals surface area (Å²) in [5.41, 5.74) is 4.55. The first-order valence-electron chi connectivity index (χ1n) is 14.4. The topological polar surface area (TPSA) is 0 Å². The molecule has 1 aliphatic carbocycles. The van der Waals surface area contributed by atoms with Crippen molar-refractivity contribution in [2.45, 2.75) is 142 Å². The van der Waals surface area contributed by atoms with Crippen LogP contribution in [0.3, 0.4) is 0 Å². The number of halogens is 3. The summed E-state index contributed by atoms with van der Waals surface area (Å²) < 4.78 is 0. The molecular weight excluding hydrogens is 567 g/mol. The Hall–Kier alpha value is 0.501. The summed E-state index contributed by atoms with van der Waals surface area (Å²) in [6.07, 6.45) is 28.1. The molecule has 0 aromatic heterocycles. The third-order valence-electron chi connectivity index (χ3n) is 8.18. The zero-order chi connectivity index (χ0) is 23.8. The Bertz CT molecular complexity index is 720. The van der Waals surface area contributed by atoms with Crippen LogP contribution in [0, 0.1) is 6.08 Å². The Morgan fingerprint density at radius 1 is 0.622 bits per heavy atom. The van der Waals surface area contributed by atoms with Crippen molar-refractivity contribution < 1.29 is 58.9 Å². The third-order valence-corrected chi connectivity index (χ3v) is 11.1. The quantitative estimate of drug-likeness (QED) is 0.120. The van der Waals surface area contributed by atoms with E-state index in [4.69, 9.17) is 0 Å². The zero-order valence-electron chi connectivity index (χ0n) is 24.2. The molecule has 0 N–H and O–H groups in total. The van der Waals surface area contributed by atoms with Crippen LogP contribution in [-0.4, -0.2) is 9.52 Å². The van der Waals surface area contributed by atoms with E-state index in [0.29, 0.717) is 5.04 Å². The molecule has 5 heteroatoms. The molecule has 0 spiro atoms. The van der Waals surface area contributed by atoms with Crippen LogP contribution >= 0.6 is 0 Å². The Balaban J connectivity index is -0.00000289. The fourth-order valence-corrected chi connectivity index (χ4v) is 8.30. The van der Waals surface area contributed by atoms with Crippen molar-refractivity contribution in [3.8, 4) is 0 Å². The summed E-state index contributed by atoms with van der Waals surface area (Å²) in [6, 6.07) is 11.3. The monoisotopic (exact) mass is 618 g/mol. The van der Waals surface area contributed by atoms with Gasteiger partial charge in [0, 0.05) is 0 Å². The maximum absolute atomic E-state index is 3.71. The standard InChI is InChI=1S/C32H53Si.3ClH.Ti/c1-5-6-7-8-9-10-11-12-13-14-15-16-17-18-19-23-26-32(29(3)27-28(2)30(32)4)33-31-24-21-20-22-25-31;;;;/h20-22,24-25H,5-19,23,26,33H2,1-4H3;3*1H;/q-1;;;;+4/p-3. The maximum atomic E-state index is 3.71. The minimum Gasteiger partial charge on any atom is -1.00 e. The summed E-state index contributed by atoms with van der Waals surface area (Å²) >= 11 is 0. The smallest absolute Gasteiger partial charge is 1.00 e. The molecule has 210 valence electrons. The van der Waals surface area contributed by atoms with Crippen molar-refractivity contribution >= 4 is 14.7 Å². The first-order chi connectivity index (χ1) is 16.1. The molecule has 0 nitrogen and oxygen atoms in total. The van der Waals surface area contributed by atoms with E-state index in [2.05, 4.69) is 64.1 Å². The maximum Gasteiger partial charge on any atom is 4.00 e. The number of allylic oxidation sites excluding steroid dienone is 4. The van der Waals surface area contributed by atoms with Crippen LogP contribution in [0.15, 0.2) is 47.1 Å². The third kappa shape index (κ3) is 15.8. The van der Waals surface area contributed by atoms with Gasteiger partial charge in [0.25, 0.3) is 0 Å². The van der Waals surface area contributed by atoms with Gasteiger partial charge in [0.2, 0.25) is 0 Å². The van der Waals surface area contributed by atoms with Crippen LogP contribution in [0.5, 0.6) is 0 Å². The first-order valence-corrected chi connectivity index (χ1v) is 15.8. The number of rotatable bonds is 19. The van der Waals surface area contributed by atoms with Gasteiger partial charge in [-0.3, -0.25) is 0 Å². The van der Waals surface area contributed by atoms with Crippen LogP contribution in [-0.2, 0) is 21.7 Å². The fourth-order valence-electron chi connectivity index (χ4n) is 5.78. The van der Waals surface area contributed by atoms with Gasteiger partial charge in [0.1, 0.15) is 0 Å². The minimum absolute atomic E-state index is 0. The van der Waals surface area contributed by atoms with Crippen molar-refractivity contribution in [3.05, 3.63) is 53.1 Å². The Morgan fingerprint density at radius 3 is 1.41 bits per heavy atom. The van der Waals surface area contributed by atoms with Gasteiger partial charge in [-0.05, 0) is 0 Å². The largest absolute Gasteiger partial charge is 4.00 e. The van der Waals surface area contributed by atoms with E-state index >= 15 is 0 Å².